The first-order valence-corrected chi connectivity index (χ1v) is 6.90. The first-order valence-electron chi connectivity index (χ1n) is 6.90. The minimum absolute atomic E-state index is 0.260. The molecule has 0 spiro atoms. The molecule has 1 aromatic carbocycles. The minimum Gasteiger partial charge on any atom is -0.355 e. The summed E-state index contributed by atoms with van der Waals surface area (Å²) >= 11 is 0. The van der Waals surface area contributed by atoms with Gasteiger partial charge in [-0.15, -0.1) is 0 Å². The number of rotatable bonds is 4. The first kappa shape index (κ1) is 12.7. The average molecular weight is 266 g/mol. The number of benzene rings is 1. The predicted octanol–water partition coefficient (Wildman–Crippen LogP) is 1.76. The molecule has 1 aliphatic heterocycles. The number of pyridine rings is 1. The van der Waals surface area contributed by atoms with E-state index in [1.54, 1.807) is 0 Å². The van der Waals surface area contributed by atoms with Crippen molar-refractivity contribution in [2.75, 3.05) is 19.6 Å². The molecule has 1 saturated heterocycles. The van der Waals surface area contributed by atoms with Gasteiger partial charge < -0.3 is 10.6 Å². The second-order valence-electron chi connectivity index (χ2n) is 4.79. The van der Waals surface area contributed by atoms with E-state index in [0.29, 0.717) is 0 Å². The maximum absolute atomic E-state index is 4.65. The van der Waals surface area contributed by atoms with Crippen LogP contribution in [0.2, 0.25) is 0 Å². The SMILES string of the molecule is c1ccc(C(CN=C2NCCN2)c2ccncc2)cc1. The van der Waals surface area contributed by atoms with Crippen LogP contribution in [-0.4, -0.2) is 30.6 Å². The van der Waals surface area contributed by atoms with Crippen molar-refractivity contribution in [3.8, 4) is 0 Å². The lowest BCUT2D eigenvalue weighted by Gasteiger charge is -2.16. The van der Waals surface area contributed by atoms with Gasteiger partial charge in [0.05, 0.1) is 6.54 Å². The summed E-state index contributed by atoms with van der Waals surface area (Å²) in [7, 11) is 0. The van der Waals surface area contributed by atoms with Crippen molar-refractivity contribution in [3.05, 3.63) is 66.0 Å². The van der Waals surface area contributed by atoms with Gasteiger partial charge in [0.2, 0.25) is 0 Å². The molecule has 0 radical (unpaired) electrons. The zero-order valence-corrected chi connectivity index (χ0v) is 11.3. The van der Waals surface area contributed by atoms with Crippen LogP contribution in [0.3, 0.4) is 0 Å². The second-order valence-corrected chi connectivity index (χ2v) is 4.79. The van der Waals surface area contributed by atoms with Gasteiger partial charge in [0.25, 0.3) is 0 Å². The summed E-state index contributed by atoms with van der Waals surface area (Å²) in [6.45, 7) is 2.62. The van der Waals surface area contributed by atoms with Crippen LogP contribution in [0.25, 0.3) is 0 Å². The van der Waals surface area contributed by atoms with E-state index in [9.17, 15) is 0 Å². The Kier molecular flexibility index (Phi) is 3.92. The summed E-state index contributed by atoms with van der Waals surface area (Å²) in [6.07, 6.45) is 3.68. The third kappa shape index (κ3) is 2.96. The Morgan fingerprint density at radius 1 is 0.950 bits per heavy atom. The van der Waals surface area contributed by atoms with E-state index in [1.807, 2.05) is 18.5 Å². The van der Waals surface area contributed by atoms with Crippen molar-refractivity contribution < 1.29 is 0 Å². The van der Waals surface area contributed by atoms with Crippen LogP contribution in [0.5, 0.6) is 0 Å². The lowest BCUT2D eigenvalue weighted by atomic mass is 9.92. The monoisotopic (exact) mass is 266 g/mol. The molecular formula is C16H18N4. The van der Waals surface area contributed by atoms with E-state index in [1.165, 1.54) is 11.1 Å². The molecule has 0 bridgehead atoms. The number of aliphatic imine (C=N–C) groups is 1. The molecule has 1 aromatic heterocycles. The Balaban J connectivity index is 1.86. The number of aromatic nitrogens is 1. The number of nitrogens with zero attached hydrogens (tertiary/aromatic N) is 2. The van der Waals surface area contributed by atoms with Gasteiger partial charge in [0.15, 0.2) is 5.96 Å². The molecule has 102 valence electrons. The molecule has 0 saturated carbocycles. The third-order valence-corrected chi connectivity index (χ3v) is 3.45. The molecule has 4 nitrogen and oxygen atoms in total. The fourth-order valence-corrected chi connectivity index (χ4v) is 2.40. The molecule has 1 fully saturated rings. The topological polar surface area (TPSA) is 49.3 Å². The quantitative estimate of drug-likeness (QED) is 0.886. The van der Waals surface area contributed by atoms with E-state index >= 15 is 0 Å². The van der Waals surface area contributed by atoms with E-state index in [2.05, 4.69) is 57.0 Å². The van der Waals surface area contributed by atoms with Crippen LogP contribution >= 0.6 is 0 Å². The smallest absolute Gasteiger partial charge is 0.191 e. The highest BCUT2D eigenvalue weighted by Gasteiger charge is 2.14. The lowest BCUT2D eigenvalue weighted by Crippen LogP contribution is -2.24. The molecule has 1 atom stereocenters. The molecule has 1 aliphatic rings. The van der Waals surface area contributed by atoms with Crippen LogP contribution in [0.15, 0.2) is 59.9 Å². The molecule has 20 heavy (non-hydrogen) atoms. The summed E-state index contributed by atoms with van der Waals surface area (Å²) in [5, 5.41) is 6.48. The standard InChI is InChI=1S/C16H18N4/c1-2-4-13(5-3-1)15(14-6-8-17-9-7-14)12-20-16-18-10-11-19-16/h1-9,15H,10-12H2,(H2,18,19,20). The second kappa shape index (κ2) is 6.19. The van der Waals surface area contributed by atoms with Crippen LogP contribution in [0.4, 0.5) is 0 Å². The van der Waals surface area contributed by atoms with Crippen molar-refractivity contribution in [2.24, 2.45) is 4.99 Å². The van der Waals surface area contributed by atoms with Gasteiger partial charge in [0.1, 0.15) is 0 Å². The Labute approximate surface area is 119 Å². The molecule has 1 unspecified atom stereocenters. The summed E-state index contributed by atoms with van der Waals surface area (Å²) in [5.41, 5.74) is 2.52. The fraction of sp³-hybridized carbons (Fsp3) is 0.250. The van der Waals surface area contributed by atoms with Crippen molar-refractivity contribution in [1.82, 2.24) is 15.6 Å². The number of hydrogen-bond acceptors (Lipinski definition) is 2. The lowest BCUT2D eigenvalue weighted by molar-refractivity contribution is 0.810. The Bertz CT molecular complexity index is 518. The molecular weight excluding hydrogens is 248 g/mol. The van der Waals surface area contributed by atoms with Crippen LogP contribution in [0, 0.1) is 0 Å². The normalized spacial score (nSPS) is 15.3. The molecule has 2 N–H and O–H groups in total. The Morgan fingerprint density at radius 3 is 2.30 bits per heavy atom. The zero-order chi connectivity index (χ0) is 13.6. The summed E-state index contributed by atoms with van der Waals surface area (Å²) in [6, 6.07) is 14.6. The van der Waals surface area contributed by atoms with E-state index in [-0.39, 0.29) is 5.92 Å². The maximum Gasteiger partial charge on any atom is 0.191 e. The average Bonchev–Trinajstić information content (AvgIpc) is 3.03. The van der Waals surface area contributed by atoms with Gasteiger partial charge in [-0.05, 0) is 23.3 Å². The van der Waals surface area contributed by atoms with Crippen LogP contribution < -0.4 is 10.6 Å². The number of nitrogens with one attached hydrogen (secondary N) is 2. The van der Waals surface area contributed by atoms with Gasteiger partial charge in [-0.2, -0.15) is 0 Å². The minimum atomic E-state index is 0.260. The molecule has 2 heterocycles. The zero-order valence-electron chi connectivity index (χ0n) is 11.3. The molecule has 2 aromatic rings. The predicted molar refractivity (Wildman–Crippen MR) is 80.8 cm³/mol. The highest BCUT2D eigenvalue weighted by Crippen LogP contribution is 2.24. The molecule has 0 aliphatic carbocycles. The van der Waals surface area contributed by atoms with Crippen molar-refractivity contribution >= 4 is 5.96 Å². The van der Waals surface area contributed by atoms with Crippen molar-refractivity contribution in [3.63, 3.8) is 0 Å². The van der Waals surface area contributed by atoms with Gasteiger partial charge in [-0.25, -0.2) is 0 Å². The van der Waals surface area contributed by atoms with Crippen molar-refractivity contribution in [1.29, 1.82) is 0 Å². The van der Waals surface area contributed by atoms with Gasteiger partial charge in [-0.1, -0.05) is 30.3 Å². The van der Waals surface area contributed by atoms with E-state index < -0.39 is 0 Å². The highest BCUT2D eigenvalue weighted by molar-refractivity contribution is 5.81. The van der Waals surface area contributed by atoms with Crippen LogP contribution in [0.1, 0.15) is 17.0 Å². The summed E-state index contributed by atoms with van der Waals surface area (Å²) < 4.78 is 0. The fourth-order valence-electron chi connectivity index (χ4n) is 2.40. The Hall–Kier alpha value is -2.36. The maximum atomic E-state index is 4.65. The summed E-state index contributed by atoms with van der Waals surface area (Å²) in [4.78, 5) is 8.75. The van der Waals surface area contributed by atoms with E-state index in [0.717, 1.165) is 25.6 Å². The molecule has 0 amide bonds. The largest absolute Gasteiger partial charge is 0.355 e. The Morgan fingerprint density at radius 2 is 1.60 bits per heavy atom. The van der Waals surface area contributed by atoms with E-state index in [4.69, 9.17) is 0 Å². The van der Waals surface area contributed by atoms with Crippen LogP contribution in [-0.2, 0) is 0 Å². The highest BCUT2D eigenvalue weighted by atomic mass is 15.2. The first-order chi connectivity index (χ1) is 9.93. The number of hydrogen-bond donors (Lipinski definition) is 2. The summed E-state index contributed by atoms with van der Waals surface area (Å²) in [5.74, 6) is 1.16. The third-order valence-electron chi connectivity index (χ3n) is 3.45. The molecule has 3 rings (SSSR count). The van der Waals surface area contributed by atoms with Gasteiger partial charge in [0, 0.05) is 31.4 Å². The van der Waals surface area contributed by atoms with Gasteiger partial charge >= 0.3 is 0 Å². The van der Waals surface area contributed by atoms with Crippen molar-refractivity contribution in [2.45, 2.75) is 5.92 Å². The number of guanidine groups is 1. The van der Waals surface area contributed by atoms with Gasteiger partial charge in [-0.3, -0.25) is 9.98 Å². The molecule has 4 heteroatoms.